The minimum absolute atomic E-state index is 0.0294. The van der Waals surface area contributed by atoms with E-state index in [2.05, 4.69) is 4.72 Å². The van der Waals surface area contributed by atoms with Gasteiger partial charge < -0.3 is 9.64 Å². The van der Waals surface area contributed by atoms with Crippen LogP contribution < -0.4 is 9.62 Å². The van der Waals surface area contributed by atoms with E-state index in [0.717, 1.165) is 11.8 Å². The lowest BCUT2D eigenvalue weighted by Crippen LogP contribution is -2.36. The number of nitrogens with zero attached hydrogens (tertiary/aromatic N) is 1. The maximum atomic E-state index is 13.3. The van der Waals surface area contributed by atoms with Crippen molar-refractivity contribution in [2.24, 2.45) is 0 Å². The van der Waals surface area contributed by atoms with Crippen LogP contribution in [0.2, 0.25) is 5.02 Å². The van der Waals surface area contributed by atoms with Gasteiger partial charge in [0.25, 0.3) is 10.0 Å². The summed E-state index contributed by atoms with van der Waals surface area (Å²) in [5, 5.41) is 0.422. The quantitative estimate of drug-likeness (QED) is 0.877. The summed E-state index contributed by atoms with van der Waals surface area (Å²) in [5.74, 6) is -0.479. The predicted molar refractivity (Wildman–Crippen MR) is 96.4 cm³/mol. The normalized spacial score (nSPS) is 15.2. The lowest BCUT2D eigenvalue weighted by Gasteiger charge is -2.30. The van der Waals surface area contributed by atoms with Crippen molar-refractivity contribution in [1.29, 1.82) is 0 Å². The van der Waals surface area contributed by atoms with Gasteiger partial charge >= 0.3 is 0 Å². The number of nitrogens with one attached hydrogen (secondary N) is 1. The van der Waals surface area contributed by atoms with E-state index in [1.165, 1.54) is 12.1 Å². The molecule has 2 aromatic carbocycles. The molecule has 0 unspecified atom stereocenters. The molecule has 0 radical (unpaired) electrons. The zero-order chi connectivity index (χ0) is 18.0. The summed E-state index contributed by atoms with van der Waals surface area (Å²) in [7, 11) is -3.87. The van der Waals surface area contributed by atoms with Crippen LogP contribution in [0.3, 0.4) is 0 Å². The lowest BCUT2D eigenvalue weighted by atomic mass is 10.2. The Labute approximate surface area is 151 Å². The van der Waals surface area contributed by atoms with Crippen LogP contribution >= 0.6 is 11.6 Å². The van der Waals surface area contributed by atoms with Gasteiger partial charge in [-0.3, -0.25) is 4.72 Å². The number of rotatable bonds is 4. The molecule has 1 aliphatic heterocycles. The minimum atomic E-state index is -3.87. The fourth-order valence-corrected chi connectivity index (χ4v) is 4.25. The van der Waals surface area contributed by atoms with Crippen LogP contribution in [0.25, 0.3) is 0 Å². The Morgan fingerprint density at radius 3 is 2.56 bits per heavy atom. The molecule has 0 bridgehead atoms. The average molecular weight is 385 g/mol. The van der Waals surface area contributed by atoms with Crippen LogP contribution in [0.5, 0.6) is 0 Å². The third-order valence-corrected chi connectivity index (χ3v) is 5.74. The molecule has 1 heterocycles. The number of anilines is 2. The molecule has 134 valence electrons. The summed E-state index contributed by atoms with van der Waals surface area (Å²) in [4.78, 5) is 2.07. The zero-order valence-electron chi connectivity index (χ0n) is 13.6. The SMILES string of the molecule is Cc1cc(F)ccc1S(=O)(=O)Nc1cc(Cl)ccc1N1CCOCC1. The van der Waals surface area contributed by atoms with Gasteiger partial charge in [0.05, 0.1) is 29.5 Å². The second-order valence-corrected chi connectivity index (χ2v) is 7.86. The van der Waals surface area contributed by atoms with E-state index in [1.54, 1.807) is 25.1 Å². The Morgan fingerprint density at radius 1 is 1.16 bits per heavy atom. The fraction of sp³-hybridized carbons (Fsp3) is 0.294. The summed E-state index contributed by atoms with van der Waals surface area (Å²) in [5.41, 5.74) is 1.46. The number of sulfonamides is 1. The Hall–Kier alpha value is -1.83. The second kappa shape index (κ2) is 7.19. The zero-order valence-corrected chi connectivity index (χ0v) is 15.2. The molecule has 2 aromatic rings. The first-order valence-electron chi connectivity index (χ1n) is 7.78. The van der Waals surface area contributed by atoms with Gasteiger partial charge in [-0.15, -0.1) is 0 Å². The third-order valence-electron chi connectivity index (χ3n) is 3.98. The molecular formula is C17H18ClFN2O3S. The number of hydrogen-bond donors (Lipinski definition) is 1. The van der Waals surface area contributed by atoms with Crippen LogP contribution in [-0.4, -0.2) is 34.7 Å². The van der Waals surface area contributed by atoms with Crippen molar-refractivity contribution in [1.82, 2.24) is 0 Å². The van der Waals surface area contributed by atoms with Gasteiger partial charge in [-0.2, -0.15) is 0 Å². The van der Waals surface area contributed by atoms with Gasteiger partial charge in [0.1, 0.15) is 5.82 Å². The molecule has 1 saturated heterocycles. The second-order valence-electron chi connectivity index (χ2n) is 5.78. The topological polar surface area (TPSA) is 58.6 Å². The summed E-state index contributed by atoms with van der Waals surface area (Å²) in [6, 6.07) is 8.64. The Bertz CT molecular complexity index is 883. The Kier molecular flexibility index (Phi) is 5.17. The van der Waals surface area contributed by atoms with Crippen LogP contribution in [0.15, 0.2) is 41.3 Å². The smallest absolute Gasteiger partial charge is 0.262 e. The number of halogens is 2. The van der Waals surface area contributed by atoms with Crippen LogP contribution in [-0.2, 0) is 14.8 Å². The first kappa shape index (κ1) is 18.0. The third kappa shape index (κ3) is 4.05. The van der Waals surface area contributed by atoms with Gasteiger partial charge in [0.15, 0.2) is 0 Å². The number of ether oxygens (including phenoxy) is 1. The van der Waals surface area contributed by atoms with Gasteiger partial charge in [-0.25, -0.2) is 12.8 Å². The maximum Gasteiger partial charge on any atom is 0.262 e. The van der Waals surface area contributed by atoms with Crippen LogP contribution in [0, 0.1) is 12.7 Å². The van der Waals surface area contributed by atoms with Crippen molar-refractivity contribution < 1.29 is 17.5 Å². The largest absolute Gasteiger partial charge is 0.378 e. The number of morpholine rings is 1. The summed E-state index contributed by atoms with van der Waals surface area (Å²) in [6.45, 7) is 4.02. The molecule has 25 heavy (non-hydrogen) atoms. The molecular weight excluding hydrogens is 367 g/mol. The van der Waals surface area contributed by atoms with E-state index < -0.39 is 15.8 Å². The highest BCUT2D eigenvalue weighted by atomic mass is 35.5. The van der Waals surface area contributed by atoms with Crippen molar-refractivity contribution in [2.45, 2.75) is 11.8 Å². The van der Waals surface area contributed by atoms with E-state index >= 15 is 0 Å². The highest BCUT2D eigenvalue weighted by Crippen LogP contribution is 2.32. The van der Waals surface area contributed by atoms with Gasteiger partial charge in [0.2, 0.25) is 0 Å². The highest BCUT2D eigenvalue weighted by molar-refractivity contribution is 7.92. The Balaban J connectivity index is 1.97. The standard InChI is InChI=1S/C17H18ClFN2O3S/c1-12-10-14(19)3-5-17(12)25(22,23)20-15-11-13(18)2-4-16(15)21-6-8-24-9-7-21/h2-5,10-11,20H,6-9H2,1H3. The van der Waals surface area contributed by atoms with Crippen molar-refractivity contribution >= 4 is 33.0 Å². The van der Waals surface area contributed by atoms with Crippen LogP contribution in [0.4, 0.5) is 15.8 Å². The molecule has 3 rings (SSSR count). The van der Waals surface area contributed by atoms with E-state index in [1.807, 2.05) is 4.90 Å². The molecule has 1 N–H and O–H groups in total. The van der Waals surface area contributed by atoms with Crippen molar-refractivity contribution in [2.75, 3.05) is 35.9 Å². The van der Waals surface area contributed by atoms with Crippen LogP contribution in [0.1, 0.15) is 5.56 Å². The van der Waals surface area contributed by atoms with E-state index in [4.69, 9.17) is 16.3 Å². The van der Waals surface area contributed by atoms with E-state index in [-0.39, 0.29) is 4.90 Å². The van der Waals surface area contributed by atoms with Crippen molar-refractivity contribution in [3.8, 4) is 0 Å². The lowest BCUT2D eigenvalue weighted by molar-refractivity contribution is 0.123. The summed E-state index contributed by atoms with van der Waals surface area (Å²) >= 11 is 6.06. The molecule has 0 aliphatic carbocycles. The summed E-state index contributed by atoms with van der Waals surface area (Å²) in [6.07, 6.45) is 0. The molecule has 8 heteroatoms. The van der Waals surface area contributed by atoms with E-state index in [0.29, 0.717) is 42.6 Å². The molecule has 0 atom stereocenters. The molecule has 1 aliphatic rings. The maximum absolute atomic E-state index is 13.3. The molecule has 0 spiro atoms. The monoisotopic (exact) mass is 384 g/mol. The first-order chi connectivity index (χ1) is 11.9. The first-order valence-corrected chi connectivity index (χ1v) is 9.64. The van der Waals surface area contributed by atoms with Crippen molar-refractivity contribution in [3.63, 3.8) is 0 Å². The van der Waals surface area contributed by atoms with Gasteiger partial charge in [-0.05, 0) is 48.9 Å². The summed E-state index contributed by atoms with van der Waals surface area (Å²) < 4.78 is 46.7. The number of hydrogen-bond acceptors (Lipinski definition) is 4. The van der Waals surface area contributed by atoms with Gasteiger partial charge in [0, 0.05) is 18.1 Å². The molecule has 0 saturated carbocycles. The average Bonchev–Trinajstić information content (AvgIpc) is 2.55. The molecule has 1 fully saturated rings. The Morgan fingerprint density at radius 2 is 1.88 bits per heavy atom. The molecule has 5 nitrogen and oxygen atoms in total. The minimum Gasteiger partial charge on any atom is -0.378 e. The molecule has 0 amide bonds. The molecule has 0 aromatic heterocycles. The van der Waals surface area contributed by atoms with E-state index in [9.17, 15) is 12.8 Å². The van der Waals surface area contributed by atoms with Gasteiger partial charge in [-0.1, -0.05) is 11.6 Å². The number of benzene rings is 2. The number of aryl methyl sites for hydroxylation is 1. The predicted octanol–water partition coefficient (Wildman–Crippen LogP) is 3.42. The van der Waals surface area contributed by atoms with Crippen molar-refractivity contribution in [3.05, 3.63) is 52.8 Å². The fourth-order valence-electron chi connectivity index (χ4n) is 2.78. The highest BCUT2D eigenvalue weighted by Gasteiger charge is 2.21.